The van der Waals surface area contributed by atoms with Gasteiger partial charge < -0.3 is 14.4 Å². The van der Waals surface area contributed by atoms with E-state index in [1.54, 1.807) is 6.07 Å². The molecule has 3 rings (SSSR count). The first-order chi connectivity index (χ1) is 10.6. The van der Waals surface area contributed by atoms with Gasteiger partial charge in [-0.15, -0.1) is 0 Å². The number of nitrogens with one attached hydrogen (secondary N) is 1. The number of nitrogens with zero attached hydrogens (tertiary/aromatic N) is 1. The number of amides is 1. The lowest BCUT2D eigenvalue weighted by Gasteiger charge is -2.32. The van der Waals surface area contributed by atoms with Crippen molar-refractivity contribution in [1.82, 2.24) is 4.98 Å². The maximum atomic E-state index is 14.0. The van der Waals surface area contributed by atoms with Crippen LogP contribution in [0.25, 0.3) is 10.2 Å². The molecule has 1 aromatic heterocycles. The monoisotopic (exact) mass is 338 g/mol. The van der Waals surface area contributed by atoms with Crippen molar-refractivity contribution in [3.63, 3.8) is 0 Å². The number of anilines is 1. The summed E-state index contributed by atoms with van der Waals surface area (Å²) in [7, 11) is -0.692. The Balaban J connectivity index is 2.07. The SMILES string of the molecule is CC1(C)OB(c2ccc(F)c3sc(NC(=O)O)nc23)OC1(C)C. The van der Waals surface area contributed by atoms with Gasteiger partial charge in [-0.3, -0.25) is 5.32 Å². The van der Waals surface area contributed by atoms with E-state index in [0.717, 1.165) is 11.3 Å². The molecule has 23 heavy (non-hydrogen) atoms. The summed E-state index contributed by atoms with van der Waals surface area (Å²) < 4.78 is 26.2. The van der Waals surface area contributed by atoms with Gasteiger partial charge in [0.1, 0.15) is 5.82 Å². The third-order valence-corrected chi connectivity index (χ3v) is 5.23. The van der Waals surface area contributed by atoms with Gasteiger partial charge in [-0.05, 0) is 33.8 Å². The van der Waals surface area contributed by atoms with Crippen molar-refractivity contribution >= 4 is 45.4 Å². The summed E-state index contributed by atoms with van der Waals surface area (Å²) in [4.78, 5) is 14.9. The smallest absolute Gasteiger partial charge is 0.465 e. The van der Waals surface area contributed by atoms with Crippen molar-refractivity contribution in [3.8, 4) is 0 Å². The Morgan fingerprint density at radius 3 is 2.48 bits per heavy atom. The standard InChI is InChI=1S/C14H16BFN2O4S/c1-13(2)14(3,4)22-15(21-13)7-5-6-8(16)10-9(7)17-11(23-10)18-12(19)20/h5-6H,1-4H3,(H,17,18)(H,19,20). The van der Waals surface area contributed by atoms with Crippen LogP contribution in [0.3, 0.4) is 0 Å². The predicted octanol–water partition coefficient (Wildman–Crippen LogP) is 2.82. The Morgan fingerprint density at radius 2 is 1.91 bits per heavy atom. The van der Waals surface area contributed by atoms with Gasteiger partial charge in [0, 0.05) is 5.46 Å². The van der Waals surface area contributed by atoms with E-state index in [2.05, 4.69) is 10.3 Å². The Hall–Kier alpha value is -1.71. The van der Waals surface area contributed by atoms with Crippen LogP contribution >= 0.6 is 11.3 Å². The number of aromatic nitrogens is 1. The largest absolute Gasteiger partial charge is 0.497 e. The second-order valence-corrected chi connectivity index (χ2v) is 7.35. The van der Waals surface area contributed by atoms with Crippen LogP contribution in [0.4, 0.5) is 14.3 Å². The van der Waals surface area contributed by atoms with E-state index in [0.29, 0.717) is 11.0 Å². The molecule has 2 aromatic rings. The Kier molecular flexibility index (Phi) is 3.62. The summed E-state index contributed by atoms with van der Waals surface area (Å²) in [6.07, 6.45) is -1.25. The van der Waals surface area contributed by atoms with Gasteiger partial charge in [0.25, 0.3) is 0 Å². The molecule has 1 amide bonds. The van der Waals surface area contributed by atoms with Crippen LogP contribution < -0.4 is 10.8 Å². The molecule has 2 N–H and O–H groups in total. The fraction of sp³-hybridized carbons (Fsp3) is 0.429. The highest BCUT2D eigenvalue weighted by molar-refractivity contribution is 7.22. The van der Waals surface area contributed by atoms with Crippen molar-refractivity contribution < 1.29 is 23.6 Å². The average Bonchev–Trinajstić information content (AvgIpc) is 2.89. The number of hydrogen-bond acceptors (Lipinski definition) is 5. The normalized spacial score (nSPS) is 19.3. The minimum atomic E-state index is -1.25. The van der Waals surface area contributed by atoms with Crippen LogP contribution in [0, 0.1) is 5.82 Å². The Morgan fingerprint density at radius 1 is 1.30 bits per heavy atom. The predicted molar refractivity (Wildman–Crippen MR) is 86.9 cm³/mol. The molecule has 1 aromatic carbocycles. The van der Waals surface area contributed by atoms with E-state index in [4.69, 9.17) is 14.4 Å². The molecule has 1 saturated heterocycles. The molecule has 1 aliphatic rings. The first kappa shape index (κ1) is 16.2. The minimum absolute atomic E-state index is 0.107. The molecule has 2 heterocycles. The summed E-state index contributed by atoms with van der Waals surface area (Å²) in [6, 6.07) is 2.87. The number of halogens is 1. The molecular formula is C14H16BFN2O4S. The van der Waals surface area contributed by atoms with E-state index < -0.39 is 30.2 Å². The van der Waals surface area contributed by atoms with E-state index in [9.17, 15) is 9.18 Å². The van der Waals surface area contributed by atoms with Crippen LogP contribution in [0.5, 0.6) is 0 Å². The lowest BCUT2D eigenvalue weighted by atomic mass is 9.78. The van der Waals surface area contributed by atoms with Crippen molar-refractivity contribution in [2.45, 2.75) is 38.9 Å². The molecule has 6 nitrogen and oxygen atoms in total. The molecule has 1 aliphatic heterocycles. The van der Waals surface area contributed by atoms with Crippen LogP contribution in [0.1, 0.15) is 27.7 Å². The minimum Gasteiger partial charge on any atom is -0.465 e. The summed E-state index contributed by atoms with van der Waals surface area (Å²) in [6.45, 7) is 7.69. The zero-order valence-electron chi connectivity index (χ0n) is 13.1. The number of carbonyl (C=O) groups is 1. The lowest BCUT2D eigenvalue weighted by Crippen LogP contribution is -2.41. The molecule has 0 unspecified atom stereocenters. The number of fused-ring (bicyclic) bond motifs is 1. The third-order valence-electron chi connectivity index (χ3n) is 4.25. The molecule has 9 heteroatoms. The van der Waals surface area contributed by atoms with Gasteiger partial charge in [-0.1, -0.05) is 17.4 Å². The third kappa shape index (κ3) is 2.69. The lowest BCUT2D eigenvalue weighted by molar-refractivity contribution is 0.00578. The molecule has 0 aliphatic carbocycles. The van der Waals surface area contributed by atoms with Gasteiger partial charge in [-0.25, -0.2) is 14.2 Å². The quantitative estimate of drug-likeness (QED) is 0.823. The molecule has 1 fully saturated rings. The number of benzene rings is 1. The number of rotatable bonds is 2. The van der Waals surface area contributed by atoms with E-state index in [1.807, 2.05) is 27.7 Å². The van der Waals surface area contributed by atoms with Gasteiger partial charge in [0.15, 0.2) is 5.13 Å². The van der Waals surface area contributed by atoms with Crippen molar-refractivity contribution in [3.05, 3.63) is 17.9 Å². The van der Waals surface area contributed by atoms with Crippen LogP contribution in [-0.2, 0) is 9.31 Å². The second-order valence-electron chi connectivity index (χ2n) is 6.35. The van der Waals surface area contributed by atoms with Crippen LogP contribution in [-0.4, -0.2) is 34.5 Å². The highest BCUT2D eigenvalue weighted by Gasteiger charge is 2.52. The first-order valence-electron chi connectivity index (χ1n) is 7.05. The van der Waals surface area contributed by atoms with Gasteiger partial charge in [0.05, 0.1) is 21.4 Å². The zero-order valence-corrected chi connectivity index (χ0v) is 14.0. The summed E-state index contributed by atoms with van der Waals surface area (Å²) in [5, 5.41) is 11.0. The summed E-state index contributed by atoms with van der Waals surface area (Å²) in [5.74, 6) is -0.462. The molecule has 0 spiro atoms. The zero-order chi connectivity index (χ0) is 17.0. The number of carboxylic acid groups (broad SMARTS) is 1. The fourth-order valence-electron chi connectivity index (χ4n) is 2.30. The van der Waals surface area contributed by atoms with Crippen LogP contribution in [0.15, 0.2) is 12.1 Å². The Bertz CT molecular complexity index is 776. The fourth-order valence-corrected chi connectivity index (χ4v) is 3.19. The average molecular weight is 338 g/mol. The number of hydrogen-bond donors (Lipinski definition) is 2. The van der Waals surface area contributed by atoms with Gasteiger partial charge >= 0.3 is 13.2 Å². The van der Waals surface area contributed by atoms with Crippen molar-refractivity contribution in [2.75, 3.05) is 5.32 Å². The molecular weight excluding hydrogens is 322 g/mol. The molecule has 0 atom stereocenters. The second kappa shape index (κ2) is 5.15. The highest BCUT2D eigenvalue weighted by atomic mass is 32.1. The van der Waals surface area contributed by atoms with E-state index in [-0.39, 0.29) is 9.83 Å². The topological polar surface area (TPSA) is 80.7 Å². The molecule has 122 valence electrons. The molecule has 0 radical (unpaired) electrons. The maximum absolute atomic E-state index is 14.0. The summed E-state index contributed by atoms with van der Waals surface area (Å²) in [5.41, 5.74) is -0.139. The number of thiazole rings is 1. The Labute approximate surface area is 136 Å². The van der Waals surface area contributed by atoms with Crippen molar-refractivity contribution in [1.29, 1.82) is 0 Å². The van der Waals surface area contributed by atoms with Crippen LogP contribution in [0.2, 0.25) is 0 Å². The van der Waals surface area contributed by atoms with Gasteiger partial charge in [-0.2, -0.15) is 0 Å². The van der Waals surface area contributed by atoms with Crippen molar-refractivity contribution in [2.24, 2.45) is 0 Å². The molecule has 0 saturated carbocycles. The molecule has 0 bridgehead atoms. The van der Waals surface area contributed by atoms with E-state index >= 15 is 0 Å². The highest BCUT2D eigenvalue weighted by Crippen LogP contribution is 2.37. The maximum Gasteiger partial charge on any atom is 0.497 e. The summed E-state index contributed by atoms with van der Waals surface area (Å²) >= 11 is 0.936. The first-order valence-corrected chi connectivity index (χ1v) is 7.87. The van der Waals surface area contributed by atoms with Gasteiger partial charge in [0.2, 0.25) is 0 Å². The van der Waals surface area contributed by atoms with E-state index in [1.165, 1.54) is 6.07 Å².